The van der Waals surface area contributed by atoms with Gasteiger partial charge in [0.25, 0.3) is 0 Å². The number of nitrogens with zero attached hydrogens (tertiary/aromatic N) is 1. The van der Waals surface area contributed by atoms with Gasteiger partial charge in [-0.25, -0.2) is 0 Å². The van der Waals surface area contributed by atoms with Crippen LogP contribution >= 0.6 is 0 Å². The van der Waals surface area contributed by atoms with Gasteiger partial charge in [0.05, 0.1) is 12.3 Å². The molecule has 0 amide bonds. The molecular formula is C14H22N2O. The summed E-state index contributed by atoms with van der Waals surface area (Å²) in [5.41, 5.74) is 0. The van der Waals surface area contributed by atoms with Gasteiger partial charge in [-0.2, -0.15) is 0 Å². The molecule has 1 aromatic heterocycles. The normalized spacial score (nSPS) is 31.4. The Morgan fingerprint density at radius 3 is 3.06 bits per heavy atom. The molecule has 3 heterocycles. The van der Waals surface area contributed by atoms with Crippen LogP contribution in [-0.4, -0.2) is 30.1 Å². The lowest BCUT2D eigenvalue weighted by atomic mass is 10.0. The number of rotatable bonds is 3. The van der Waals surface area contributed by atoms with Crippen LogP contribution in [0, 0.1) is 0 Å². The second-order valence-corrected chi connectivity index (χ2v) is 5.36. The molecule has 0 spiro atoms. The number of hydrogen-bond acceptors (Lipinski definition) is 3. The van der Waals surface area contributed by atoms with Gasteiger partial charge in [-0.3, -0.25) is 4.90 Å². The summed E-state index contributed by atoms with van der Waals surface area (Å²) < 4.78 is 5.60. The minimum atomic E-state index is 0.464. The van der Waals surface area contributed by atoms with Crippen molar-refractivity contribution in [1.82, 2.24) is 10.2 Å². The predicted octanol–water partition coefficient (Wildman–Crippen LogP) is 2.56. The summed E-state index contributed by atoms with van der Waals surface area (Å²) in [7, 11) is 0. The van der Waals surface area contributed by atoms with E-state index in [1.54, 1.807) is 6.26 Å². The Bertz CT molecular complexity index is 349. The molecule has 2 bridgehead atoms. The molecule has 2 aliphatic rings. The lowest BCUT2D eigenvalue weighted by molar-refractivity contribution is 0.162. The van der Waals surface area contributed by atoms with Gasteiger partial charge in [-0.05, 0) is 37.8 Å². The van der Waals surface area contributed by atoms with Crippen LogP contribution in [-0.2, 0) is 0 Å². The van der Waals surface area contributed by atoms with Gasteiger partial charge in [0.2, 0.25) is 0 Å². The maximum absolute atomic E-state index is 5.60. The fourth-order valence-corrected chi connectivity index (χ4v) is 3.37. The fraction of sp³-hybridized carbons (Fsp3) is 0.714. The van der Waals surface area contributed by atoms with Crippen molar-refractivity contribution in [3.05, 3.63) is 24.2 Å². The minimum Gasteiger partial charge on any atom is -0.468 e. The average Bonchev–Trinajstić information content (AvgIpc) is 2.92. The van der Waals surface area contributed by atoms with Crippen LogP contribution in [0.15, 0.2) is 22.8 Å². The van der Waals surface area contributed by atoms with Crippen LogP contribution in [0.4, 0.5) is 0 Å². The van der Waals surface area contributed by atoms with Gasteiger partial charge in [0, 0.05) is 25.2 Å². The standard InChI is InChI=1S/C14H22N2O/c1-2-13(14-4-3-9-17-14)16-8-7-11-5-6-12(10-16)15-11/h3-4,9,11-13,15H,2,5-8,10H2,1H3. The largest absolute Gasteiger partial charge is 0.468 e. The second-order valence-electron chi connectivity index (χ2n) is 5.36. The SMILES string of the molecule is CCC(c1ccco1)N1CCC2CCC(C1)N2. The number of fused-ring (bicyclic) bond motifs is 2. The highest BCUT2D eigenvalue weighted by molar-refractivity contribution is 5.05. The van der Waals surface area contributed by atoms with Crippen LogP contribution in [0.1, 0.15) is 44.4 Å². The van der Waals surface area contributed by atoms with E-state index < -0.39 is 0 Å². The third-order valence-corrected chi connectivity index (χ3v) is 4.25. The molecular weight excluding hydrogens is 212 g/mol. The Hall–Kier alpha value is -0.800. The molecule has 3 rings (SSSR count). The zero-order valence-corrected chi connectivity index (χ0v) is 10.6. The molecule has 94 valence electrons. The molecule has 3 heteroatoms. The van der Waals surface area contributed by atoms with E-state index in [2.05, 4.69) is 23.2 Å². The Kier molecular flexibility index (Phi) is 3.21. The Morgan fingerprint density at radius 2 is 2.29 bits per heavy atom. The van der Waals surface area contributed by atoms with Crippen LogP contribution in [0.3, 0.4) is 0 Å². The molecule has 2 saturated heterocycles. The Labute approximate surface area is 103 Å². The average molecular weight is 234 g/mol. The van der Waals surface area contributed by atoms with Crippen molar-refractivity contribution in [2.24, 2.45) is 0 Å². The molecule has 0 aromatic carbocycles. The summed E-state index contributed by atoms with van der Waals surface area (Å²) in [6, 6.07) is 6.04. The zero-order chi connectivity index (χ0) is 11.7. The third kappa shape index (κ3) is 2.26. The van der Waals surface area contributed by atoms with E-state index in [0.29, 0.717) is 12.1 Å². The number of likely N-dealkylation sites (tertiary alicyclic amines) is 1. The number of nitrogens with one attached hydrogen (secondary N) is 1. The zero-order valence-electron chi connectivity index (χ0n) is 10.6. The molecule has 3 nitrogen and oxygen atoms in total. The summed E-state index contributed by atoms with van der Waals surface area (Å²) in [5.74, 6) is 1.13. The first-order valence-corrected chi connectivity index (χ1v) is 6.90. The van der Waals surface area contributed by atoms with Crippen LogP contribution < -0.4 is 5.32 Å². The molecule has 2 fully saturated rings. The van der Waals surface area contributed by atoms with E-state index in [0.717, 1.165) is 18.2 Å². The maximum Gasteiger partial charge on any atom is 0.120 e. The summed E-state index contributed by atoms with van der Waals surface area (Å²) in [6.45, 7) is 4.63. The number of hydrogen-bond donors (Lipinski definition) is 1. The Balaban J connectivity index is 1.74. The summed E-state index contributed by atoms with van der Waals surface area (Å²) in [4.78, 5) is 2.61. The van der Waals surface area contributed by atoms with Gasteiger partial charge in [-0.1, -0.05) is 6.92 Å². The first-order chi connectivity index (χ1) is 8.36. The molecule has 17 heavy (non-hydrogen) atoms. The highest BCUT2D eigenvalue weighted by Crippen LogP contribution is 2.29. The highest BCUT2D eigenvalue weighted by atomic mass is 16.3. The number of furan rings is 1. The van der Waals surface area contributed by atoms with E-state index in [1.165, 1.54) is 32.4 Å². The molecule has 2 aliphatic heterocycles. The first kappa shape index (κ1) is 11.3. The van der Waals surface area contributed by atoms with E-state index in [-0.39, 0.29) is 0 Å². The van der Waals surface area contributed by atoms with Gasteiger partial charge in [0.15, 0.2) is 0 Å². The van der Waals surface area contributed by atoms with Crippen molar-refractivity contribution in [1.29, 1.82) is 0 Å². The maximum atomic E-state index is 5.60. The van der Waals surface area contributed by atoms with Crippen molar-refractivity contribution < 1.29 is 4.42 Å². The quantitative estimate of drug-likeness (QED) is 0.871. The molecule has 0 aliphatic carbocycles. The molecule has 0 radical (unpaired) electrons. The molecule has 0 saturated carbocycles. The van der Waals surface area contributed by atoms with E-state index in [4.69, 9.17) is 4.42 Å². The van der Waals surface area contributed by atoms with Crippen molar-refractivity contribution >= 4 is 0 Å². The van der Waals surface area contributed by atoms with E-state index >= 15 is 0 Å². The van der Waals surface area contributed by atoms with Gasteiger partial charge < -0.3 is 9.73 Å². The van der Waals surface area contributed by atoms with Crippen LogP contribution in [0.5, 0.6) is 0 Å². The monoisotopic (exact) mass is 234 g/mol. The van der Waals surface area contributed by atoms with Crippen molar-refractivity contribution in [3.8, 4) is 0 Å². The highest BCUT2D eigenvalue weighted by Gasteiger charge is 2.32. The van der Waals surface area contributed by atoms with Gasteiger partial charge >= 0.3 is 0 Å². The van der Waals surface area contributed by atoms with Crippen molar-refractivity contribution in [2.45, 2.75) is 50.7 Å². The van der Waals surface area contributed by atoms with E-state index in [9.17, 15) is 0 Å². The molecule has 1 aromatic rings. The van der Waals surface area contributed by atoms with E-state index in [1.807, 2.05) is 6.07 Å². The smallest absolute Gasteiger partial charge is 0.120 e. The van der Waals surface area contributed by atoms with Crippen molar-refractivity contribution in [2.75, 3.05) is 13.1 Å². The Morgan fingerprint density at radius 1 is 1.41 bits per heavy atom. The second kappa shape index (κ2) is 4.83. The fourth-order valence-electron chi connectivity index (χ4n) is 3.37. The van der Waals surface area contributed by atoms with Crippen molar-refractivity contribution in [3.63, 3.8) is 0 Å². The summed E-state index contributed by atoms with van der Waals surface area (Å²) >= 11 is 0. The lowest BCUT2D eigenvalue weighted by Gasteiger charge is -2.30. The van der Waals surface area contributed by atoms with Crippen LogP contribution in [0.2, 0.25) is 0 Å². The summed E-state index contributed by atoms with van der Waals surface area (Å²) in [5, 5.41) is 3.73. The molecule has 3 unspecified atom stereocenters. The molecule has 3 atom stereocenters. The first-order valence-electron chi connectivity index (χ1n) is 6.90. The third-order valence-electron chi connectivity index (χ3n) is 4.25. The lowest BCUT2D eigenvalue weighted by Crippen LogP contribution is -2.37. The topological polar surface area (TPSA) is 28.4 Å². The molecule has 1 N–H and O–H groups in total. The summed E-state index contributed by atoms with van der Waals surface area (Å²) in [6.07, 6.45) is 6.92. The minimum absolute atomic E-state index is 0.464. The predicted molar refractivity (Wildman–Crippen MR) is 67.9 cm³/mol. The van der Waals surface area contributed by atoms with Crippen LogP contribution in [0.25, 0.3) is 0 Å². The van der Waals surface area contributed by atoms with Gasteiger partial charge in [0.1, 0.15) is 5.76 Å². The van der Waals surface area contributed by atoms with Gasteiger partial charge in [-0.15, -0.1) is 0 Å².